The Morgan fingerprint density at radius 3 is 1.44 bits per heavy atom. The van der Waals surface area contributed by atoms with Crippen molar-refractivity contribution in [2.24, 2.45) is 0 Å². The zero-order valence-electron chi connectivity index (χ0n) is 30.8. The van der Waals surface area contributed by atoms with Crippen LogP contribution in [-0.2, 0) is 4.57 Å². The fourth-order valence-corrected chi connectivity index (χ4v) is 12.7. The lowest BCUT2D eigenvalue weighted by atomic mass is 9.90. The summed E-state index contributed by atoms with van der Waals surface area (Å²) in [5.41, 5.74) is 6.46. The van der Waals surface area contributed by atoms with E-state index in [-0.39, 0.29) is 0 Å². The van der Waals surface area contributed by atoms with Crippen molar-refractivity contribution in [1.82, 2.24) is 4.98 Å². The maximum absolute atomic E-state index is 15.4. The first-order valence-corrected chi connectivity index (χ1v) is 21.8. The number of nitrogens with zero attached hydrogens (tertiary/aromatic N) is 1. The Hall–Kier alpha value is -6.64. The van der Waals surface area contributed by atoms with Crippen LogP contribution in [0.4, 0.5) is 0 Å². The largest absolute Gasteiger partial charge is 0.309 e. The van der Waals surface area contributed by atoms with E-state index in [0.29, 0.717) is 0 Å². The van der Waals surface area contributed by atoms with E-state index in [0.717, 1.165) is 58.8 Å². The van der Waals surface area contributed by atoms with Gasteiger partial charge in [-0.3, -0.25) is 0 Å². The summed E-state index contributed by atoms with van der Waals surface area (Å²) in [4.78, 5) is 6.49. The van der Waals surface area contributed by atoms with Crippen LogP contribution in [0, 0.1) is 0 Å². The van der Waals surface area contributed by atoms with E-state index in [4.69, 9.17) is 4.98 Å². The maximum atomic E-state index is 15.4. The molecule has 0 saturated carbocycles. The van der Waals surface area contributed by atoms with Crippen molar-refractivity contribution < 1.29 is 4.57 Å². The highest BCUT2D eigenvalue weighted by atomic mass is 32.1. The van der Waals surface area contributed by atoms with Gasteiger partial charge in [0.15, 0.2) is 7.14 Å². The normalized spacial score (nSPS) is 11.9. The minimum Gasteiger partial charge on any atom is -0.309 e. The third kappa shape index (κ3) is 5.39. The minimum atomic E-state index is -3.14. The van der Waals surface area contributed by atoms with Gasteiger partial charge in [0.1, 0.15) is 0 Å². The quantitative estimate of drug-likeness (QED) is 0.125. The summed E-state index contributed by atoms with van der Waals surface area (Å²) in [6.07, 6.45) is 0. The van der Waals surface area contributed by atoms with Gasteiger partial charge >= 0.3 is 0 Å². The second kappa shape index (κ2) is 13.5. The molecule has 11 aromatic rings. The van der Waals surface area contributed by atoms with Gasteiger partial charge in [-0.2, -0.15) is 0 Å². The monoisotopic (exact) mass is 763 g/mol. The zero-order valence-corrected chi connectivity index (χ0v) is 32.6. The first kappa shape index (κ1) is 33.7. The van der Waals surface area contributed by atoms with Crippen molar-refractivity contribution in [2.75, 3.05) is 0 Å². The summed E-state index contributed by atoms with van der Waals surface area (Å²) in [6, 6.07) is 71.9. The number of benzene rings is 9. The molecule has 0 aliphatic rings. The van der Waals surface area contributed by atoms with Crippen LogP contribution in [0.1, 0.15) is 0 Å². The topological polar surface area (TPSA) is 30.0 Å². The molecule has 0 spiro atoms. The van der Waals surface area contributed by atoms with Crippen LogP contribution in [0.25, 0.3) is 86.1 Å². The molecule has 0 radical (unpaired) electrons. The summed E-state index contributed by atoms with van der Waals surface area (Å²) in [6.45, 7) is 0. The van der Waals surface area contributed by atoms with Crippen molar-refractivity contribution in [1.29, 1.82) is 0 Å². The van der Waals surface area contributed by atoms with Crippen molar-refractivity contribution in [3.8, 4) is 32.8 Å². The molecule has 0 saturated heterocycles. The molecule has 0 aliphatic carbocycles. The van der Waals surface area contributed by atoms with Crippen molar-refractivity contribution in [3.05, 3.63) is 206 Å². The van der Waals surface area contributed by atoms with Crippen LogP contribution in [0.5, 0.6) is 0 Å². The van der Waals surface area contributed by atoms with Crippen LogP contribution < -0.4 is 15.9 Å². The molecule has 0 aliphatic heterocycles. The van der Waals surface area contributed by atoms with E-state index < -0.39 is 7.14 Å². The fourth-order valence-electron chi connectivity index (χ4n) is 8.69. The van der Waals surface area contributed by atoms with Gasteiger partial charge in [0.25, 0.3) is 0 Å². The average Bonchev–Trinajstić information content (AvgIpc) is 3.70. The number of hydrogen-bond donors (Lipinski definition) is 0. The molecule has 2 heterocycles. The van der Waals surface area contributed by atoms with Gasteiger partial charge in [-0.25, -0.2) is 4.98 Å². The molecule has 9 aromatic carbocycles. The lowest BCUT2D eigenvalue weighted by Crippen LogP contribution is -2.24. The van der Waals surface area contributed by atoms with Gasteiger partial charge in [-0.1, -0.05) is 194 Å². The van der Waals surface area contributed by atoms with Crippen LogP contribution in [0.15, 0.2) is 206 Å². The number of fused-ring (bicyclic) bond motifs is 9. The minimum absolute atomic E-state index is 0.812. The van der Waals surface area contributed by atoms with Crippen molar-refractivity contribution in [3.63, 3.8) is 0 Å². The lowest BCUT2D eigenvalue weighted by Gasteiger charge is -2.20. The molecule has 11 rings (SSSR count). The highest BCUT2D eigenvalue weighted by Crippen LogP contribution is 2.51. The highest BCUT2D eigenvalue weighted by molar-refractivity contribution is 7.85. The molecule has 4 heteroatoms. The van der Waals surface area contributed by atoms with Gasteiger partial charge in [0, 0.05) is 42.7 Å². The number of pyridine rings is 1. The Bertz CT molecular complexity index is 3280. The summed E-state index contributed by atoms with van der Waals surface area (Å²) in [5, 5.41) is 12.3. The Labute approximate surface area is 334 Å². The van der Waals surface area contributed by atoms with E-state index in [1.807, 2.05) is 60.7 Å². The third-order valence-electron chi connectivity index (χ3n) is 11.3. The predicted octanol–water partition coefficient (Wildman–Crippen LogP) is 13.5. The second-order valence-corrected chi connectivity index (χ2v) is 18.3. The molecular weight excluding hydrogens is 730 g/mol. The highest BCUT2D eigenvalue weighted by Gasteiger charge is 2.30. The molecule has 2 aromatic heterocycles. The van der Waals surface area contributed by atoms with Crippen molar-refractivity contribution in [2.45, 2.75) is 0 Å². The van der Waals surface area contributed by atoms with E-state index in [1.54, 1.807) is 11.3 Å². The third-order valence-corrected chi connectivity index (χ3v) is 15.7. The number of hydrogen-bond acceptors (Lipinski definition) is 3. The lowest BCUT2D eigenvalue weighted by molar-refractivity contribution is 0.592. The molecule has 0 bridgehead atoms. The Morgan fingerprint density at radius 2 is 0.842 bits per heavy atom. The molecule has 57 heavy (non-hydrogen) atoms. The molecule has 0 amide bonds. The molecule has 0 N–H and O–H groups in total. The van der Waals surface area contributed by atoms with Gasteiger partial charge in [-0.15, -0.1) is 11.3 Å². The molecule has 2 nitrogen and oxygen atoms in total. The Kier molecular flexibility index (Phi) is 8.00. The molecule has 0 fully saturated rings. The van der Waals surface area contributed by atoms with Gasteiger partial charge in [-0.05, 0) is 55.6 Å². The number of para-hydroxylation sites is 1. The molecular formula is C53H34NOPS. The van der Waals surface area contributed by atoms with E-state index in [2.05, 4.69) is 146 Å². The van der Waals surface area contributed by atoms with Gasteiger partial charge in [0.2, 0.25) is 0 Å². The van der Waals surface area contributed by atoms with Crippen LogP contribution in [0.3, 0.4) is 0 Å². The standard InChI is InChI=1S/C53H34NOPS/c55-56(38-18-6-2-7-19-38,39-20-8-3-9-21-39)40-31-28-36(29-32-40)52-49(50-46-26-14-15-27-48(46)54-51(53(50)57-52)35-16-4-1-5-17-35)37-30-33-45-43-24-11-10-22-41(43)42-23-12-13-25-44(42)47(45)34-37/h1-34H. The zero-order chi connectivity index (χ0) is 37.9. The molecule has 0 unspecified atom stereocenters. The SMILES string of the molecule is O=P(c1ccccc1)(c1ccccc1)c1ccc(-c2sc3c(-c4ccccc4)nc4ccccc4c3c2-c2ccc3c4ccccc4c4ccccc4c3c2)cc1. The number of aromatic nitrogens is 1. The van der Waals surface area contributed by atoms with Crippen molar-refractivity contribution >= 4 is 87.7 Å². The maximum Gasteiger partial charge on any atom is 0.171 e. The van der Waals surface area contributed by atoms with E-state index >= 15 is 4.57 Å². The smallest absolute Gasteiger partial charge is 0.171 e. The number of thiophene rings is 1. The summed E-state index contributed by atoms with van der Waals surface area (Å²) in [7, 11) is -3.14. The van der Waals surface area contributed by atoms with Crippen LogP contribution in [0.2, 0.25) is 0 Å². The Balaban J connectivity index is 1.21. The summed E-state index contributed by atoms with van der Waals surface area (Å²) < 4.78 is 16.5. The van der Waals surface area contributed by atoms with Crippen LogP contribution >= 0.6 is 18.5 Å². The molecule has 0 atom stereocenters. The van der Waals surface area contributed by atoms with E-state index in [9.17, 15) is 0 Å². The van der Waals surface area contributed by atoms with Gasteiger partial charge in [0.05, 0.1) is 15.9 Å². The van der Waals surface area contributed by atoms with Gasteiger partial charge < -0.3 is 4.57 Å². The second-order valence-electron chi connectivity index (χ2n) is 14.5. The summed E-state index contributed by atoms with van der Waals surface area (Å²) >= 11 is 1.79. The predicted molar refractivity (Wildman–Crippen MR) is 245 cm³/mol. The Morgan fingerprint density at radius 1 is 0.386 bits per heavy atom. The number of rotatable bonds is 6. The average molecular weight is 764 g/mol. The van der Waals surface area contributed by atoms with E-state index in [1.165, 1.54) is 43.3 Å². The first-order chi connectivity index (χ1) is 28.2. The summed E-state index contributed by atoms with van der Waals surface area (Å²) in [5.74, 6) is 0. The van der Waals surface area contributed by atoms with Crippen LogP contribution in [-0.4, -0.2) is 4.98 Å². The first-order valence-electron chi connectivity index (χ1n) is 19.2. The fraction of sp³-hybridized carbons (Fsp3) is 0. The molecule has 268 valence electrons.